The molecule has 0 aliphatic rings. The monoisotopic (exact) mass is 215 g/mol. The summed E-state index contributed by atoms with van der Waals surface area (Å²) in [6.45, 7) is 0. The van der Waals surface area contributed by atoms with Crippen molar-refractivity contribution in [2.45, 2.75) is 0 Å². The quantitative estimate of drug-likeness (QED) is 0.722. The first kappa shape index (κ1) is 10.0. The fourth-order valence-corrected chi connectivity index (χ4v) is 1.21. The van der Waals surface area contributed by atoms with Crippen LogP contribution in [-0.4, -0.2) is 26.5 Å². The van der Waals surface area contributed by atoms with Crippen molar-refractivity contribution >= 4 is 12.0 Å². The van der Waals surface area contributed by atoms with Gasteiger partial charge in [0.25, 0.3) is 0 Å². The molecule has 1 amide bonds. The van der Waals surface area contributed by atoms with Crippen molar-refractivity contribution in [3.63, 3.8) is 0 Å². The summed E-state index contributed by atoms with van der Waals surface area (Å²) in [7, 11) is 0. The number of tetrazole rings is 1. The van der Waals surface area contributed by atoms with Gasteiger partial charge >= 0.3 is 0 Å². The Morgan fingerprint density at radius 1 is 1.31 bits per heavy atom. The highest BCUT2D eigenvalue weighted by molar-refractivity contribution is 5.90. The number of nitrogens with one attached hydrogen (secondary N) is 1. The van der Waals surface area contributed by atoms with Gasteiger partial charge in [-0.15, -0.1) is 10.2 Å². The molecule has 0 radical (unpaired) electrons. The maximum atomic E-state index is 10.5. The van der Waals surface area contributed by atoms with Gasteiger partial charge in [-0.3, -0.25) is 4.79 Å². The number of aromatic nitrogens is 4. The molecular formula is C10H9N5O. The Labute approximate surface area is 91.2 Å². The number of amides is 1. The normalized spacial score (nSPS) is 10.8. The van der Waals surface area contributed by atoms with Crippen LogP contribution in [0.25, 0.3) is 17.5 Å². The molecule has 2 aromatic rings. The van der Waals surface area contributed by atoms with Crippen LogP contribution < -0.4 is 5.73 Å². The van der Waals surface area contributed by atoms with Crippen LogP contribution >= 0.6 is 0 Å². The average molecular weight is 215 g/mol. The molecule has 1 aromatic carbocycles. The lowest BCUT2D eigenvalue weighted by molar-refractivity contribution is -0.113. The minimum absolute atomic E-state index is 0.470. The zero-order chi connectivity index (χ0) is 11.4. The van der Waals surface area contributed by atoms with E-state index >= 15 is 0 Å². The van der Waals surface area contributed by atoms with Crippen molar-refractivity contribution < 1.29 is 4.79 Å². The first-order valence-corrected chi connectivity index (χ1v) is 4.57. The molecule has 0 spiro atoms. The second kappa shape index (κ2) is 4.35. The lowest BCUT2D eigenvalue weighted by atomic mass is 10.1. The minimum atomic E-state index is -0.470. The fourth-order valence-electron chi connectivity index (χ4n) is 1.21. The summed E-state index contributed by atoms with van der Waals surface area (Å²) in [5.41, 5.74) is 6.72. The smallest absolute Gasteiger partial charge is 0.241 e. The molecule has 0 saturated carbocycles. The van der Waals surface area contributed by atoms with Crippen LogP contribution in [-0.2, 0) is 4.79 Å². The number of carbonyl (C=O) groups excluding carboxylic acids is 1. The highest BCUT2D eigenvalue weighted by Gasteiger charge is 2.00. The predicted molar refractivity (Wildman–Crippen MR) is 57.8 cm³/mol. The van der Waals surface area contributed by atoms with E-state index in [1.165, 1.54) is 6.08 Å². The number of nitrogens with two attached hydrogens (primary N) is 1. The topological polar surface area (TPSA) is 97.5 Å². The van der Waals surface area contributed by atoms with Crippen molar-refractivity contribution in [2.24, 2.45) is 5.73 Å². The second-order valence-electron chi connectivity index (χ2n) is 3.09. The molecule has 6 nitrogen and oxygen atoms in total. The molecular weight excluding hydrogens is 206 g/mol. The number of primary amides is 1. The van der Waals surface area contributed by atoms with E-state index in [1.54, 1.807) is 6.08 Å². The van der Waals surface area contributed by atoms with Crippen LogP contribution in [0.5, 0.6) is 0 Å². The molecule has 0 bridgehead atoms. The number of H-pyrrole nitrogens is 1. The predicted octanol–water partition coefficient (Wildman–Crippen LogP) is 0.365. The van der Waals surface area contributed by atoms with Crippen molar-refractivity contribution in [2.75, 3.05) is 0 Å². The van der Waals surface area contributed by atoms with E-state index in [-0.39, 0.29) is 0 Å². The Balaban J connectivity index is 2.20. The molecule has 16 heavy (non-hydrogen) atoms. The molecule has 3 N–H and O–H groups in total. The average Bonchev–Trinajstić information content (AvgIpc) is 2.80. The van der Waals surface area contributed by atoms with Crippen LogP contribution in [0.15, 0.2) is 30.3 Å². The number of nitrogens with zero attached hydrogens (tertiary/aromatic N) is 3. The molecule has 6 heteroatoms. The number of aromatic amines is 1. The Morgan fingerprint density at radius 2 is 2.06 bits per heavy atom. The van der Waals surface area contributed by atoms with Crippen LogP contribution in [0.3, 0.4) is 0 Å². The van der Waals surface area contributed by atoms with Crippen molar-refractivity contribution in [3.05, 3.63) is 35.9 Å². The summed E-state index contributed by atoms with van der Waals surface area (Å²) in [5, 5.41) is 13.5. The first-order chi connectivity index (χ1) is 7.75. The SMILES string of the molecule is NC(=O)C=Cc1ccc(-c2nn[nH]n2)cc1. The third kappa shape index (κ3) is 2.30. The first-order valence-electron chi connectivity index (χ1n) is 4.57. The highest BCUT2D eigenvalue weighted by Crippen LogP contribution is 2.14. The van der Waals surface area contributed by atoms with Gasteiger partial charge in [0.2, 0.25) is 11.7 Å². The third-order valence-corrected chi connectivity index (χ3v) is 1.95. The van der Waals surface area contributed by atoms with E-state index in [9.17, 15) is 4.79 Å². The van der Waals surface area contributed by atoms with Crippen molar-refractivity contribution in [3.8, 4) is 11.4 Å². The van der Waals surface area contributed by atoms with E-state index in [2.05, 4.69) is 20.6 Å². The summed E-state index contributed by atoms with van der Waals surface area (Å²) in [6, 6.07) is 7.35. The molecule has 0 saturated heterocycles. The standard InChI is InChI=1S/C10H9N5O/c11-9(16)6-3-7-1-4-8(5-2-7)10-12-14-15-13-10/h1-6H,(H2,11,16)(H,12,13,14,15). The minimum Gasteiger partial charge on any atom is -0.366 e. The Kier molecular flexibility index (Phi) is 2.73. The molecule has 0 aliphatic heterocycles. The summed E-state index contributed by atoms with van der Waals surface area (Å²) >= 11 is 0. The van der Waals surface area contributed by atoms with Gasteiger partial charge in [-0.2, -0.15) is 5.21 Å². The zero-order valence-electron chi connectivity index (χ0n) is 8.29. The van der Waals surface area contributed by atoms with E-state index in [1.807, 2.05) is 24.3 Å². The highest BCUT2D eigenvalue weighted by atomic mass is 16.1. The summed E-state index contributed by atoms with van der Waals surface area (Å²) in [5.74, 6) is 0.0627. The third-order valence-electron chi connectivity index (χ3n) is 1.95. The Bertz CT molecular complexity index is 501. The van der Waals surface area contributed by atoms with Crippen LogP contribution in [0.2, 0.25) is 0 Å². The van der Waals surface area contributed by atoms with Gasteiger partial charge in [-0.25, -0.2) is 0 Å². The van der Waals surface area contributed by atoms with Gasteiger partial charge in [-0.1, -0.05) is 24.3 Å². The van der Waals surface area contributed by atoms with Gasteiger partial charge in [0.15, 0.2) is 0 Å². The number of rotatable bonds is 3. The van der Waals surface area contributed by atoms with Crippen molar-refractivity contribution in [1.29, 1.82) is 0 Å². The zero-order valence-corrected chi connectivity index (χ0v) is 8.29. The van der Waals surface area contributed by atoms with Gasteiger partial charge in [0, 0.05) is 11.6 Å². The molecule has 0 atom stereocenters. The lowest BCUT2D eigenvalue weighted by Gasteiger charge is -1.95. The van der Waals surface area contributed by atoms with Crippen LogP contribution in [0.4, 0.5) is 0 Å². The van der Waals surface area contributed by atoms with E-state index in [0.717, 1.165) is 11.1 Å². The summed E-state index contributed by atoms with van der Waals surface area (Å²) in [4.78, 5) is 10.5. The number of hydrogen-bond acceptors (Lipinski definition) is 4. The van der Waals surface area contributed by atoms with Crippen LogP contribution in [0, 0.1) is 0 Å². The number of carbonyl (C=O) groups is 1. The van der Waals surface area contributed by atoms with Gasteiger partial charge in [0.05, 0.1) is 0 Å². The van der Waals surface area contributed by atoms with Crippen LogP contribution in [0.1, 0.15) is 5.56 Å². The maximum absolute atomic E-state index is 10.5. The molecule has 1 heterocycles. The Morgan fingerprint density at radius 3 is 2.62 bits per heavy atom. The van der Waals surface area contributed by atoms with E-state index in [4.69, 9.17) is 5.73 Å². The van der Waals surface area contributed by atoms with Crippen molar-refractivity contribution in [1.82, 2.24) is 20.6 Å². The fraction of sp³-hybridized carbons (Fsp3) is 0. The molecule has 0 aliphatic carbocycles. The van der Waals surface area contributed by atoms with Gasteiger partial charge in [-0.05, 0) is 16.9 Å². The number of hydrogen-bond donors (Lipinski definition) is 2. The largest absolute Gasteiger partial charge is 0.366 e. The molecule has 0 fully saturated rings. The van der Waals surface area contributed by atoms with Gasteiger partial charge in [0.1, 0.15) is 0 Å². The van der Waals surface area contributed by atoms with Gasteiger partial charge < -0.3 is 5.73 Å². The molecule has 80 valence electrons. The Hall–Kier alpha value is -2.50. The summed E-state index contributed by atoms with van der Waals surface area (Å²) in [6.07, 6.45) is 2.95. The van der Waals surface area contributed by atoms with E-state index < -0.39 is 5.91 Å². The molecule has 1 aromatic heterocycles. The molecule has 0 unspecified atom stereocenters. The van der Waals surface area contributed by atoms with E-state index in [0.29, 0.717) is 5.82 Å². The lowest BCUT2D eigenvalue weighted by Crippen LogP contribution is -2.04. The molecule has 2 rings (SSSR count). The maximum Gasteiger partial charge on any atom is 0.241 e. The second-order valence-corrected chi connectivity index (χ2v) is 3.09. The summed E-state index contributed by atoms with van der Waals surface area (Å²) < 4.78 is 0. The number of benzene rings is 1.